The van der Waals surface area contributed by atoms with Gasteiger partial charge in [-0.25, -0.2) is 0 Å². The Morgan fingerprint density at radius 3 is 2.64 bits per heavy atom. The van der Waals surface area contributed by atoms with Crippen molar-refractivity contribution in [1.29, 1.82) is 0 Å². The van der Waals surface area contributed by atoms with Crippen molar-refractivity contribution in [3.63, 3.8) is 0 Å². The SMILES string of the molecule is c1ccc2c([C]3CCCC3)c[nH]c2c1. The van der Waals surface area contributed by atoms with E-state index in [2.05, 4.69) is 35.4 Å². The van der Waals surface area contributed by atoms with Crippen molar-refractivity contribution in [1.82, 2.24) is 4.98 Å². The van der Waals surface area contributed by atoms with Crippen LogP contribution in [-0.2, 0) is 0 Å². The maximum absolute atomic E-state index is 3.34. The number of nitrogens with one attached hydrogen (secondary N) is 1. The number of H-pyrrole nitrogens is 1. The van der Waals surface area contributed by atoms with Gasteiger partial charge in [0.25, 0.3) is 0 Å². The summed E-state index contributed by atoms with van der Waals surface area (Å²) in [4.78, 5) is 3.34. The summed E-state index contributed by atoms with van der Waals surface area (Å²) < 4.78 is 0. The average molecular weight is 184 g/mol. The van der Waals surface area contributed by atoms with Gasteiger partial charge in [-0.05, 0) is 24.5 Å². The van der Waals surface area contributed by atoms with Gasteiger partial charge in [0.2, 0.25) is 0 Å². The molecule has 1 nitrogen and oxygen atoms in total. The molecule has 1 heterocycles. The zero-order valence-corrected chi connectivity index (χ0v) is 8.22. The van der Waals surface area contributed by atoms with Gasteiger partial charge >= 0.3 is 0 Å². The molecule has 3 rings (SSSR count). The third-order valence-electron chi connectivity index (χ3n) is 3.18. The van der Waals surface area contributed by atoms with Crippen LogP contribution in [-0.4, -0.2) is 4.98 Å². The van der Waals surface area contributed by atoms with Gasteiger partial charge in [-0.15, -0.1) is 0 Å². The van der Waals surface area contributed by atoms with E-state index in [9.17, 15) is 0 Å². The van der Waals surface area contributed by atoms with Crippen LogP contribution >= 0.6 is 0 Å². The van der Waals surface area contributed by atoms with Gasteiger partial charge in [-0.1, -0.05) is 31.0 Å². The van der Waals surface area contributed by atoms with Crippen LogP contribution in [0.2, 0.25) is 0 Å². The van der Waals surface area contributed by atoms with Crippen molar-refractivity contribution in [2.45, 2.75) is 25.7 Å². The molecule has 1 aliphatic rings. The highest BCUT2D eigenvalue weighted by Gasteiger charge is 2.20. The number of aromatic nitrogens is 1. The molecule has 0 unspecified atom stereocenters. The van der Waals surface area contributed by atoms with Crippen LogP contribution in [0.4, 0.5) is 0 Å². The second kappa shape index (κ2) is 3.16. The third-order valence-corrected chi connectivity index (χ3v) is 3.18. The van der Waals surface area contributed by atoms with Gasteiger partial charge in [-0.2, -0.15) is 0 Å². The summed E-state index contributed by atoms with van der Waals surface area (Å²) in [7, 11) is 0. The van der Waals surface area contributed by atoms with E-state index in [0.29, 0.717) is 0 Å². The van der Waals surface area contributed by atoms with Crippen LogP contribution in [0.25, 0.3) is 10.9 Å². The highest BCUT2D eigenvalue weighted by molar-refractivity contribution is 5.85. The number of hydrogen-bond donors (Lipinski definition) is 1. The summed E-state index contributed by atoms with van der Waals surface area (Å²) in [5.74, 6) is 1.64. The van der Waals surface area contributed by atoms with E-state index >= 15 is 0 Å². The van der Waals surface area contributed by atoms with Crippen LogP contribution in [0.1, 0.15) is 31.2 Å². The zero-order chi connectivity index (χ0) is 9.38. The van der Waals surface area contributed by atoms with Gasteiger partial charge in [0, 0.05) is 23.0 Å². The molecule has 1 N–H and O–H groups in total. The normalized spacial score (nSPS) is 18.0. The number of aromatic amines is 1. The monoisotopic (exact) mass is 184 g/mol. The molecule has 1 fully saturated rings. The fourth-order valence-corrected chi connectivity index (χ4v) is 2.44. The molecule has 1 aliphatic carbocycles. The topological polar surface area (TPSA) is 15.8 Å². The molecular weight excluding hydrogens is 170 g/mol. The van der Waals surface area contributed by atoms with Crippen molar-refractivity contribution in [2.75, 3.05) is 0 Å². The lowest BCUT2D eigenvalue weighted by molar-refractivity contribution is 0.886. The van der Waals surface area contributed by atoms with Crippen molar-refractivity contribution in [3.8, 4) is 0 Å². The summed E-state index contributed by atoms with van der Waals surface area (Å²) >= 11 is 0. The second-order valence-electron chi connectivity index (χ2n) is 4.06. The zero-order valence-electron chi connectivity index (χ0n) is 8.22. The van der Waals surface area contributed by atoms with Crippen molar-refractivity contribution < 1.29 is 0 Å². The Balaban J connectivity index is 2.11. The first kappa shape index (κ1) is 8.10. The van der Waals surface area contributed by atoms with Crippen molar-refractivity contribution in [2.24, 2.45) is 0 Å². The van der Waals surface area contributed by atoms with Crippen LogP contribution in [0.15, 0.2) is 30.5 Å². The number of rotatable bonds is 1. The molecule has 0 saturated heterocycles. The summed E-state index contributed by atoms with van der Waals surface area (Å²) in [6.07, 6.45) is 7.50. The van der Waals surface area contributed by atoms with Crippen LogP contribution < -0.4 is 0 Å². The summed E-state index contributed by atoms with van der Waals surface area (Å²) in [6.45, 7) is 0. The van der Waals surface area contributed by atoms with Crippen LogP contribution in [0, 0.1) is 5.92 Å². The summed E-state index contributed by atoms with van der Waals surface area (Å²) in [5.41, 5.74) is 2.72. The van der Waals surface area contributed by atoms with Crippen molar-refractivity contribution in [3.05, 3.63) is 41.9 Å². The van der Waals surface area contributed by atoms with Crippen molar-refractivity contribution >= 4 is 10.9 Å². The maximum Gasteiger partial charge on any atom is 0.0457 e. The fourth-order valence-electron chi connectivity index (χ4n) is 2.44. The maximum atomic E-state index is 3.34. The quantitative estimate of drug-likeness (QED) is 0.696. The van der Waals surface area contributed by atoms with Crippen LogP contribution in [0.3, 0.4) is 0 Å². The number of benzene rings is 1. The van der Waals surface area contributed by atoms with E-state index in [1.807, 2.05) is 0 Å². The Hall–Kier alpha value is -1.24. The Kier molecular flexibility index (Phi) is 1.83. The standard InChI is InChI=1S/C13H14N/c1-2-6-10(5-1)12-9-14-13-8-4-3-7-11(12)13/h3-4,7-9,14H,1-2,5-6H2. The molecule has 0 amide bonds. The lowest BCUT2D eigenvalue weighted by Crippen LogP contribution is -1.90. The molecule has 14 heavy (non-hydrogen) atoms. The molecule has 0 bridgehead atoms. The summed E-state index contributed by atoms with van der Waals surface area (Å²) in [5, 5.41) is 1.39. The fraction of sp³-hybridized carbons (Fsp3) is 0.308. The first-order valence-electron chi connectivity index (χ1n) is 5.36. The molecule has 1 aromatic carbocycles. The van der Waals surface area contributed by atoms with Gasteiger partial charge in [0.15, 0.2) is 0 Å². The van der Waals surface area contributed by atoms with E-state index in [-0.39, 0.29) is 0 Å². The summed E-state index contributed by atoms with van der Waals surface area (Å²) in [6, 6.07) is 8.57. The van der Waals surface area contributed by atoms with Crippen LogP contribution in [0.5, 0.6) is 0 Å². The second-order valence-corrected chi connectivity index (χ2v) is 4.06. The first-order chi connectivity index (χ1) is 6.95. The smallest absolute Gasteiger partial charge is 0.0457 e. The molecule has 0 aliphatic heterocycles. The van der Waals surface area contributed by atoms with Gasteiger partial charge < -0.3 is 4.98 Å². The van der Waals surface area contributed by atoms with E-state index in [1.165, 1.54) is 42.1 Å². The molecule has 1 saturated carbocycles. The molecule has 1 heteroatoms. The Morgan fingerprint density at radius 2 is 1.79 bits per heavy atom. The van der Waals surface area contributed by atoms with Gasteiger partial charge in [0.05, 0.1) is 0 Å². The largest absolute Gasteiger partial charge is 0.361 e. The number of hydrogen-bond acceptors (Lipinski definition) is 0. The number of para-hydroxylation sites is 1. The highest BCUT2D eigenvalue weighted by atomic mass is 14.7. The van der Waals surface area contributed by atoms with E-state index in [0.717, 1.165) is 0 Å². The Morgan fingerprint density at radius 1 is 1.00 bits per heavy atom. The van der Waals surface area contributed by atoms with E-state index in [1.54, 1.807) is 5.92 Å². The molecular formula is C13H14N. The lowest BCUT2D eigenvalue weighted by atomic mass is 9.97. The van der Waals surface area contributed by atoms with Gasteiger partial charge in [-0.3, -0.25) is 0 Å². The molecule has 2 aromatic rings. The Labute approximate surface area is 84.1 Å². The Bertz CT molecular complexity index is 435. The van der Waals surface area contributed by atoms with E-state index in [4.69, 9.17) is 0 Å². The minimum atomic E-state index is 1.27. The van der Waals surface area contributed by atoms with Gasteiger partial charge in [0.1, 0.15) is 0 Å². The minimum Gasteiger partial charge on any atom is -0.361 e. The molecule has 0 spiro atoms. The molecule has 0 atom stereocenters. The lowest BCUT2D eigenvalue weighted by Gasteiger charge is -2.05. The average Bonchev–Trinajstić information content (AvgIpc) is 2.85. The highest BCUT2D eigenvalue weighted by Crippen LogP contribution is 2.36. The number of fused-ring (bicyclic) bond motifs is 1. The molecule has 1 radical (unpaired) electrons. The first-order valence-corrected chi connectivity index (χ1v) is 5.36. The minimum absolute atomic E-state index is 1.27. The predicted molar refractivity (Wildman–Crippen MR) is 59.1 cm³/mol. The van der Waals surface area contributed by atoms with E-state index < -0.39 is 0 Å². The molecule has 1 aromatic heterocycles. The predicted octanol–water partition coefficient (Wildman–Crippen LogP) is 3.66. The third kappa shape index (κ3) is 1.16. The molecule has 71 valence electrons.